The van der Waals surface area contributed by atoms with Crippen molar-refractivity contribution in [2.45, 2.75) is 0 Å². The van der Waals surface area contributed by atoms with E-state index in [0.717, 1.165) is 76.8 Å². The van der Waals surface area contributed by atoms with E-state index in [0.29, 0.717) is 62.0 Å². The van der Waals surface area contributed by atoms with Gasteiger partial charge in [-0.3, -0.25) is 0 Å². The first kappa shape index (κ1) is 40.7. The van der Waals surface area contributed by atoms with Crippen molar-refractivity contribution in [1.29, 1.82) is 15.8 Å². The predicted molar refractivity (Wildman–Crippen MR) is 282 cm³/mol. The van der Waals surface area contributed by atoms with Gasteiger partial charge in [-0.2, -0.15) is 15.8 Å². The highest BCUT2D eigenvalue weighted by atomic mass is 15.0. The van der Waals surface area contributed by atoms with Crippen molar-refractivity contribution in [3.63, 3.8) is 0 Å². The summed E-state index contributed by atoms with van der Waals surface area (Å²) in [5.74, 6) is 0.331. The maximum Gasteiger partial charge on any atom is 0.187 e. The van der Waals surface area contributed by atoms with Crippen molar-refractivity contribution in [3.05, 3.63) is 228 Å². The zero-order chi connectivity index (χ0) is 47.7. The van der Waals surface area contributed by atoms with Gasteiger partial charge in [0.15, 0.2) is 11.5 Å². The van der Waals surface area contributed by atoms with Crippen molar-refractivity contribution in [2.75, 3.05) is 0 Å². The highest BCUT2D eigenvalue weighted by molar-refractivity contribution is 6.14. The molecule has 9 nitrogen and oxygen atoms in total. The Bertz CT molecular complexity index is 4240. The van der Waals surface area contributed by atoms with Gasteiger partial charge in [0.05, 0.1) is 85.6 Å². The van der Waals surface area contributed by atoms with Crippen molar-refractivity contribution < 1.29 is 0 Å². The molecular weight excluding hydrogens is 871 g/mol. The standard InChI is InChI=1S/C62H33N9/c1-66-43-15-11-14-40(29-43)62-67-53(39-13-10-12-38(28-39)35-63)34-54(68-62)50-30-42(37-65)61(31-41(50)36-64)71-59-26-24-44(69-55-20-6-2-16-46(55)47-17-3-7-21-56(47)69)32-51(59)52-33-45(25-27-60(52)71)70-57-22-8-4-18-48(57)49-19-5-9-23-58(49)70/h2-34H. The molecule has 0 radical (unpaired) electrons. The Balaban J connectivity index is 1.07. The van der Waals surface area contributed by atoms with E-state index in [9.17, 15) is 15.8 Å². The molecule has 9 heteroatoms. The fraction of sp³-hybridized carbons (Fsp3) is 0. The molecule has 0 unspecified atom stereocenters. The highest BCUT2D eigenvalue weighted by Crippen LogP contribution is 2.41. The fourth-order valence-electron chi connectivity index (χ4n) is 10.4. The van der Waals surface area contributed by atoms with Crippen LogP contribution in [0.4, 0.5) is 5.69 Å². The Morgan fingerprint density at radius 1 is 0.394 bits per heavy atom. The van der Waals surface area contributed by atoms with E-state index in [-0.39, 0.29) is 0 Å². The lowest BCUT2D eigenvalue weighted by molar-refractivity contribution is 1.14. The molecule has 0 spiro atoms. The largest absolute Gasteiger partial charge is 0.309 e. The van der Waals surface area contributed by atoms with E-state index in [1.54, 1.807) is 54.6 Å². The maximum atomic E-state index is 11.2. The minimum Gasteiger partial charge on any atom is -0.309 e. The van der Waals surface area contributed by atoms with Crippen LogP contribution in [0.3, 0.4) is 0 Å². The minimum atomic E-state index is 0.300. The number of hydrogen-bond donors (Lipinski definition) is 0. The van der Waals surface area contributed by atoms with Gasteiger partial charge < -0.3 is 13.7 Å². The van der Waals surface area contributed by atoms with Gasteiger partial charge in [-0.1, -0.05) is 103 Å². The van der Waals surface area contributed by atoms with Gasteiger partial charge in [-0.15, -0.1) is 0 Å². The van der Waals surface area contributed by atoms with Gasteiger partial charge in [0.1, 0.15) is 6.07 Å². The van der Waals surface area contributed by atoms with Crippen LogP contribution in [-0.2, 0) is 0 Å². The summed E-state index contributed by atoms with van der Waals surface area (Å²) in [5.41, 5.74) is 12.8. The Morgan fingerprint density at radius 2 is 0.901 bits per heavy atom. The van der Waals surface area contributed by atoms with Gasteiger partial charge >= 0.3 is 0 Å². The molecule has 0 aliphatic rings. The molecule has 0 atom stereocenters. The van der Waals surface area contributed by atoms with E-state index < -0.39 is 0 Å². The summed E-state index contributed by atoms with van der Waals surface area (Å²) in [7, 11) is 0. The Labute approximate surface area is 406 Å². The van der Waals surface area contributed by atoms with Crippen LogP contribution < -0.4 is 0 Å². The lowest BCUT2D eigenvalue weighted by Gasteiger charge is -2.15. The normalized spacial score (nSPS) is 11.3. The topological polar surface area (TPSA) is 116 Å². The van der Waals surface area contributed by atoms with Crippen LogP contribution in [0.15, 0.2) is 200 Å². The first-order valence-corrected chi connectivity index (χ1v) is 22.9. The lowest BCUT2D eigenvalue weighted by atomic mass is 9.98. The summed E-state index contributed by atoms with van der Waals surface area (Å²) in [6.45, 7) is 7.66. The number of rotatable bonds is 6. The molecule has 9 aromatic carbocycles. The summed E-state index contributed by atoms with van der Waals surface area (Å²) < 4.78 is 6.72. The second-order valence-corrected chi connectivity index (χ2v) is 17.4. The molecule has 0 aliphatic heterocycles. The number of hydrogen-bond acceptors (Lipinski definition) is 5. The van der Waals surface area contributed by atoms with Gasteiger partial charge in [0.2, 0.25) is 0 Å². The van der Waals surface area contributed by atoms with Crippen LogP contribution in [-0.4, -0.2) is 23.7 Å². The van der Waals surface area contributed by atoms with Crippen LogP contribution in [0.25, 0.3) is 121 Å². The molecular formula is C62H33N9. The van der Waals surface area contributed by atoms with Crippen LogP contribution in [0.2, 0.25) is 0 Å². The molecule has 4 aromatic heterocycles. The van der Waals surface area contributed by atoms with Crippen molar-refractivity contribution in [2.24, 2.45) is 0 Å². The second kappa shape index (κ2) is 16.0. The summed E-state index contributed by atoms with van der Waals surface area (Å²) in [6, 6.07) is 73.5. The lowest BCUT2D eigenvalue weighted by Crippen LogP contribution is -2.02. The SMILES string of the molecule is [C-]#[N+]c1cccc(-c2nc(-c3cccc(C#N)c3)cc(-c3cc(C#N)c(-n4c5ccc(-n6c7ccccc7c7ccccc76)cc5c5cc(-n6c7ccccc7c7ccccc76)ccc54)cc3C#N)n2)c1. The summed E-state index contributed by atoms with van der Waals surface area (Å²) >= 11 is 0. The fourth-order valence-corrected chi connectivity index (χ4v) is 10.4. The van der Waals surface area contributed by atoms with Crippen molar-refractivity contribution in [3.8, 4) is 69.2 Å². The summed E-state index contributed by atoms with van der Waals surface area (Å²) in [6.07, 6.45) is 0. The quantitative estimate of drug-likeness (QED) is 0.154. The zero-order valence-corrected chi connectivity index (χ0v) is 37.6. The monoisotopic (exact) mass is 903 g/mol. The number of aromatic nitrogens is 5. The number of fused-ring (bicyclic) bond motifs is 9. The summed E-state index contributed by atoms with van der Waals surface area (Å²) in [4.78, 5) is 13.5. The number of nitrogens with zero attached hydrogens (tertiary/aromatic N) is 9. The van der Waals surface area contributed by atoms with E-state index in [1.807, 2.05) is 12.1 Å². The molecule has 326 valence electrons. The van der Waals surface area contributed by atoms with Gasteiger partial charge in [0.25, 0.3) is 0 Å². The molecule has 0 saturated carbocycles. The molecule has 0 amide bonds. The maximum absolute atomic E-state index is 11.2. The van der Waals surface area contributed by atoms with Gasteiger partial charge in [0, 0.05) is 60.4 Å². The first-order chi connectivity index (χ1) is 35.0. The Morgan fingerprint density at radius 3 is 1.44 bits per heavy atom. The minimum absolute atomic E-state index is 0.300. The average Bonchev–Trinajstić information content (AvgIpc) is 4.08. The third kappa shape index (κ3) is 6.37. The van der Waals surface area contributed by atoms with E-state index >= 15 is 0 Å². The average molecular weight is 904 g/mol. The van der Waals surface area contributed by atoms with E-state index in [4.69, 9.17) is 16.5 Å². The van der Waals surface area contributed by atoms with E-state index in [1.165, 1.54) is 0 Å². The zero-order valence-electron chi connectivity index (χ0n) is 37.6. The number of nitriles is 3. The third-order valence-electron chi connectivity index (χ3n) is 13.5. The van der Waals surface area contributed by atoms with Crippen molar-refractivity contribution in [1.82, 2.24) is 23.7 Å². The molecule has 0 fully saturated rings. The van der Waals surface area contributed by atoms with Gasteiger partial charge in [-0.25, -0.2) is 14.8 Å². The molecule has 13 rings (SSSR count). The van der Waals surface area contributed by atoms with Crippen LogP contribution >= 0.6 is 0 Å². The Hall–Kier alpha value is -10.6. The smallest absolute Gasteiger partial charge is 0.187 e. The van der Waals surface area contributed by atoms with Crippen molar-refractivity contribution >= 4 is 71.1 Å². The third-order valence-corrected chi connectivity index (χ3v) is 13.5. The molecule has 0 saturated heterocycles. The van der Waals surface area contributed by atoms with Crippen LogP contribution in [0.1, 0.15) is 16.7 Å². The number of benzene rings is 9. The van der Waals surface area contributed by atoms with E-state index in [2.05, 4.69) is 170 Å². The van der Waals surface area contributed by atoms with Gasteiger partial charge in [-0.05, 0) is 97.1 Å². The first-order valence-electron chi connectivity index (χ1n) is 22.9. The number of para-hydroxylation sites is 4. The molecule has 0 N–H and O–H groups in total. The highest BCUT2D eigenvalue weighted by Gasteiger charge is 2.23. The summed E-state index contributed by atoms with van der Waals surface area (Å²) in [5, 5.41) is 38.6. The molecule has 13 aromatic rings. The van der Waals surface area contributed by atoms with Crippen LogP contribution in [0.5, 0.6) is 0 Å². The molecule has 0 aliphatic carbocycles. The molecule has 4 heterocycles. The predicted octanol–water partition coefficient (Wildman–Crippen LogP) is 14.9. The Kier molecular flexibility index (Phi) is 9.19. The molecule has 0 bridgehead atoms. The molecule has 71 heavy (non-hydrogen) atoms. The van der Waals surface area contributed by atoms with Crippen LogP contribution in [0, 0.1) is 40.6 Å². The second-order valence-electron chi connectivity index (χ2n) is 17.4.